The molecule has 0 fully saturated rings. The minimum Gasteiger partial charge on any atom is -0.493 e. The zero-order valence-corrected chi connectivity index (χ0v) is 14.3. The predicted octanol–water partition coefficient (Wildman–Crippen LogP) is 3.70. The van der Waals surface area contributed by atoms with E-state index >= 15 is 0 Å². The third-order valence-electron chi connectivity index (χ3n) is 3.51. The van der Waals surface area contributed by atoms with Crippen molar-refractivity contribution in [3.8, 4) is 22.3 Å². The monoisotopic (exact) mass is 344 g/mol. The van der Waals surface area contributed by atoms with E-state index in [2.05, 4.69) is 4.98 Å². The van der Waals surface area contributed by atoms with E-state index in [1.54, 1.807) is 62.9 Å². The van der Waals surface area contributed by atoms with Crippen LogP contribution in [0.25, 0.3) is 10.8 Å². The van der Waals surface area contributed by atoms with Crippen molar-refractivity contribution < 1.29 is 18.7 Å². The summed E-state index contributed by atoms with van der Waals surface area (Å²) in [5, 5.41) is 0.670. The van der Waals surface area contributed by atoms with Crippen molar-refractivity contribution in [3.05, 3.63) is 47.7 Å². The van der Waals surface area contributed by atoms with Gasteiger partial charge in [-0.2, -0.15) is 0 Å². The number of hydrogen-bond donors (Lipinski definition) is 0. The summed E-state index contributed by atoms with van der Waals surface area (Å²) in [6.07, 6.45) is 3.14. The molecule has 6 nitrogen and oxygen atoms in total. The highest BCUT2D eigenvalue weighted by molar-refractivity contribution is 7.17. The quantitative estimate of drug-likeness (QED) is 0.706. The highest BCUT2D eigenvalue weighted by Crippen LogP contribution is 2.32. The van der Waals surface area contributed by atoms with Crippen LogP contribution in [0.1, 0.15) is 9.67 Å². The van der Waals surface area contributed by atoms with Crippen LogP contribution in [0, 0.1) is 0 Å². The molecule has 0 bridgehead atoms. The third kappa shape index (κ3) is 2.98. The van der Waals surface area contributed by atoms with E-state index in [4.69, 9.17) is 13.9 Å². The van der Waals surface area contributed by atoms with Gasteiger partial charge in [0, 0.05) is 18.8 Å². The molecule has 0 spiro atoms. The van der Waals surface area contributed by atoms with Gasteiger partial charge in [0.1, 0.15) is 4.88 Å². The molecule has 24 heavy (non-hydrogen) atoms. The summed E-state index contributed by atoms with van der Waals surface area (Å²) in [7, 11) is 4.83. The van der Waals surface area contributed by atoms with Crippen LogP contribution in [0.4, 0.5) is 5.69 Å². The van der Waals surface area contributed by atoms with Crippen LogP contribution in [0.15, 0.2) is 47.2 Å². The first-order valence-corrected chi connectivity index (χ1v) is 7.95. The van der Waals surface area contributed by atoms with E-state index in [-0.39, 0.29) is 5.91 Å². The molecule has 2 aromatic heterocycles. The van der Waals surface area contributed by atoms with Crippen molar-refractivity contribution in [3.63, 3.8) is 0 Å². The summed E-state index contributed by atoms with van der Waals surface area (Å²) in [5.41, 5.74) is 0.700. The van der Waals surface area contributed by atoms with E-state index < -0.39 is 0 Å². The van der Waals surface area contributed by atoms with Gasteiger partial charge >= 0.3 is 0 Å². The maximum Gasteiger partial charge on any atom is 0.269 e. The van der Waals surface area contributed by atoms with Crippen LogP contribution in [0.3, 0.4) is 0 Å². The predicted molar refractivity (Wildman–Crippen MR) is 92.1 cm³/mol. The van der Waals surface area contributed by atoms with Gasteiger partial charge in [0.15, 0.2) is 22.3 Å². The molecule has 2 heterocycles. The Morgan fingerprint density at radius 3 is 2.67 bits per heavy atom. The molecule has 1 aromatic carbocycles. The molecule has 124 valence electrons. The van der Waals surface area contributed by atoms with Gasteiger partial charge in [-0.1, -0.05) is 0 Å². The largest absolute Gasteiger partial charge is 0.493 e. The van der Waals surface area contributed by atoms with E-state index in [9.17, 15) is 4.79 Å². The number of methoxy groups -OCH3 is 2. The van der Waals surface area contributed by atoms with Crippen molar-refractivity contribution in [2.45, 2.75) is 0 Å². The summed E-state index contributed by atoms with van der Waals surface area (Å²) in [6, 6.07) is 8.91. The lowest BCUT2D eigenvalue weighted by Crippen LogP contribution is -2.25. The fourth-order valence-corrected chi connectivity index (χ4v) is 3.06. The number of furan rings is 1. The maximum atomic E-state index is 12.7. The van der Waals surface area contributed by atoms with Gasteiger partial charge in [-0.15, -0.1) is 11.3 Å². The van der Waals surface area contributed by atoms with Crippen LogP contribution < -0.4 is 14.4 Å². The molecule has 0 unspecified atom stereocenters. The number of rotatable bonds is 5. The number of amides is 1. The van der Waals surface area contributed by atoms with Gasteiger partial charge in [0.2, 0.25) is 0 Å². The third-order valence-corrected chi connectivity index (χ3v) is 4.51. The summed E-state index contributed by atoms with van der Waals surface area (Å²) < 4.78 is 15.8. The number of anilines is 1. The Labute approximate surface area is 143 Å². The Bertz CT molecular complexity index is 842. The van der Waals surface area contributed by atoms with Gasteiger partial charge in [0.05, 0.1) is 26.7 Å². The molecule has 0 aliphatic rings. The minimum absolute atomic E-state index is 0.155. The molecule has 7 heteroatoms. The fourth-order valence-electron chi connectivity index (χ4n) is 2.20. The molecule has 0 N–H and O–H groups in total. The summed E-state index contributed by atoms with van der Waals surface area (Å²) >= 11 is 1.29. The number of hydrogen-bond acceptors (Lipinski definition) is 6. The van der Waals surface area contributed by atoms with Crippen LogP contribution >= 0.6 is 11.3 Å². The molecule has 0 aliphatic heterocycles. The van der Waals surface area contributed by atoms with Crippen molar-refractivity contribution in [2.75, 3.05) is 26.2 Å². The highest BCUT2D eigenvalue weighted by Gasteiger charge is 2.19. The van der Waals surface area contributed by atoms with Crippen LogP contribution in [-0.2, 0) is 0 Å². The molecule has 0 radical (unpaired) electrons. The molecule has 0 aliphatic carbocycles. The molecule has 3 rings (SSSR count). The first kappa shape index (κ1) is 16.1. The molecular weight excluding hydrogens is 328 g/mol. The SMILES string of the molecule is COc1ccc(N(C)C(=O)c2cnc(-c3ccco3)s2)cc1OC. The second-order valence-corrected chi connectivity index (χ2v) is 5.94. The van der Waals surface area contributed by atoms with Crippen molar-refractivity contribution in [2.24, 2.45) is 0 Å². The van der Waals surface area contributed by atoms with E-state index in [0.29, 0.717) is 32.8 Å². The lowest BCUT2D eigenvalue weighted by Gasteiger charge is -2.18. The molecule has 0 atom stereocenters. The summed E-state index contributed by atoms with van der Waals surface area (Å²) in [5.74, 6) is 1.67. The smallest absolute Gasteiger partial charge is 0.269 e. The van der Waals surface area contributed by atoms with Gasteiger partial charge in [-0.25, -0.2) is 4.98 Å². The van der Waals surface area contributed by atoms with Gasteiger partial charge in [0.25, 0.3) is 5.91 Å². The first-order chi connectivity index (χ1) is 11.6. The average Bonchev–Trinajstić information content (AvgIpc) is 3.30. The second-order valence-electron chi connectivity index (χ2n) is 4.91. The fraction of sp³-hybridized carbons (Fsp3) is 0.176. The molecule has 1 amide bonds. The standard InChI is InChI=1S/C17H16N2O4S/c1-19(11-6-7-12(21-2)14(9-11)22-3)17(20)15-10-18-16(24-15)13-5-4-8-23-13/h4-10H,1-3H3. The average molecular weight is 344 g/mol. The lowest BCUT2D eigenvalue weighted by molar-refractivity contribution is 0.0996. The normalized spacial score (nSPS) is 10.5. The molecular formula is C17H16N2O4S. The Morgan fingerprint density at radius 1 is 1.21 bits per heavy atom. The van der Waals surface area contributed by atoms with E-state index in [1.807, 2.05) is 6.07 Å². The lowest BCUT2D eigenvalue weighted by atomic mass is 10.2. The highest BCUT2D eigenvalue weighted by atomic mass is 32.1. The zero-order chi connectivity index (χ0) is 17.1. The molecule has 0 saturated carbocycles. The topological polar surface area (TPSA) is 64.8 Å². The molecule has 0 saturated heterocycles. The van der Waals surface area contributed by atoms with Crippen LogP contribution in [0.5, 0.6) is 11.5 Å². The van der Waals surface area contributed by atoms with Gasteiger partial charge < -0.3 is 18.8 Å². The van der Waals surface area contributed by atoms with Crippen LogP contribution in [-0.4, -0.2) is 32.2 Å². The van der Waals surface area contributed by atoms with Crippen molar-refractivity contribution in [1.29, 1.82) is 0 Å². The Balaban J connectivity index is 1.85. The first-order valence-electron chi connectivity index (χ1n) is 7.14. The van der Waals surface area contributed by atoms with E-state index in [0.717, 1.165) is 0 Å². The molecule has 3 aromatic rings. The van der Waals surface area contributed by atoms with Crippen molar-refractivity contribution >= 4 is 22.9 Å². The minimum atomic E-state index is -0.155. The summed E-state index contributed by atoms with van der Waals surface area (Å²) in [6.45, 7) is 0. The number of carbonyl (C=O) groups is 1. The Morgan fingerprint density at radius 2 is 2.00 bits per heavy atom. The number of carbonyl (C=O) groups excluding carboxylic acids is 1. The maximum absolute atomic E-state index is 12.7. The second kappa shape index (κ2) is 6.76. The number of aromatic nitrogens is 1. The zero-order valence-electron chi connectivity index (χ0n) is 13.5. The van der Waals surface area contributed by atoms with Gasteiger partial charge in [-0.3, -0.25) is 4.79 Å². The Kier molecular flexibility index (Phi) is 4.52. The number of ether oxygens (including phenoxy) is 2. The van der Waals surface area contributed by atoms with Gasteiger partial charge in [-0.05, 0) is 24.3 Å². The van der Waals surface area contributed by atoms with Crippen molar-refractivity contribution in [1.82, 2.24) is 4.98 Å². The Hall–Kier alpha value is -2.80. The number of benzene rings is 1. The van der Waals surface area contributed by atoms with Crippen LogP contribution in [0.2, 0.25) is 0 Å². The summed E-state index contributed by atoms with van der Waals surface area (Å²) in [4.78, 5) is 19.0. The van der Waals surface area contributed by atoms with E-state index in [1.165, 1.54) is 11.3 Å². The number of thiazole rings is 1. The number of nitrogens with zero attached hydrogens (tertiary/aromatic N) is 2.